The van der Waals surface area contributed by atoms with Crippen molar-refractivity contribution in [2.75, 3.05) is 0 Å². The molecule has 0 bridgehead atoms. The largest absolute Gasteiger partial charge is 0.508 e. The molecule has 0 fully saturated rings. The highest BCUT2D eigenvalue weighted by Crippen LogP contribution is 2.29. The van der Waals surface area contributed by atoms with Crippen LogP contribution in [0.3, 0.4) is 0 Å². The van der Waals surface area contributed by atoms with Crippen molar-refractivity contribution in [1.29, 1.82) is 0 Å². The number of carbonyl (C=O) groups excluding carboxylic acids is 1. The molecule has 0 heterocycles. The van der Waals surface area contributed by atoms with E-state index < -0.39 is 5.60 Å². The molecular weight excluding hydrogens is 252 g/mol. The van der Waals surface area contributed by atoms with Crippen LogP contribution < -0.4 is 0 Å². The summed E-state index contributed by atoms with van der Waals surface area (Å²) in [5.41, 5.74) is 0.715. The van der Waals surface area contributed by atoms with Gasteiger partial charge in [0, 0.05) is 0 Å². The smallest absolute Gasteiger partial charge is 0.309 e. The third-order valence-corrected chi connectivity index (χ3v) is 3.30. The van der Waals surface area contributed by atoms with Gasteiger partial charge < -0.3 is 9.84 Å². The normalized spacial score (nSPS) is 14.7. The Balaban J connectivity index is 2.68. The van der Waals surface area contributed by atoms with Crippen molar-refractivity contribution in [1.82, 2.24) is 0 Å². The minimum absolute atomic E-state index is 0.132. The van der Waals surface area contributed by atoms with Crippen LogP contribution in [0, 0.1) is 5.92 Å². The van der Waals surface area contributed by atoms with Crippen LogP contribution in [0.1, 0.15) is 58.9 Å². The standard InChI is InChI=1S/C17H26O3/c1-6-13(14-7-9-15(18)10-8-14)11-12(2)16(19)20-17(3,4)5/h7-10,12-13,18H,6,11H2,1-5H3. The Morgan fingerprint density at radius 3 is 2.25 bits per heavy atom. The van der Waals surface area contributed by atoms with Crippen LogP contribution in [0.25, 0.3) is 0 Å². The van der Waals surface area contributed by atoms with Gasteiger partial charge in [-0.3, -0.25) is 4.79 Å². The summed E-state index contributed by atoms with van der Waals surface area (Å²) in [6, 6.07) is 7.23. The molecule has 112 valence electrons. The first kappa shape index (κ1) is 16.5. The number of hydrogen-bond donors (Lipinski definition) is 1. The first-order valence-electron chi connectivity index (χ1n) is 7.24. The van der Waals surface area contributed by atoms with E-state index in [0.717, 1.165) is 18.4 Å². The number of benzene rings is 1. The lowest BCUT2D eigenvalue weighted by Gasteiger charge is -2.24. The Morgan fingerprint density at radius 2 is 1.80 bits per heavy atom. The molecule has 0 aromatic heterocycles. The number of esters is 1. The summed E-state index contributed by atoms with van der Waals surface area (Å²) in [6.07, 6.45) is 1.72. The molecule has 0 aliphatic rings. The molecule has 0 amide bonds. The minimum Gasteiger partial charge on any atom is -0.508 e. The molecule has 0 spiro atoms. The number of hydrogen-bond acceptors (Lipinski definition) is 3. The van der Waals surface area contributed by atoms with Crippen molar-refractivity contribution in [2.24, 2.45) is 5.92 Å². The van der Waals surface area contributed by atoms with Crippen molar-refractivity contribution < 1.29 is 14.6 Å². The number of phenolic OH excluding ortho intramolecular Hbond substituents is 1. The molecule has 2 atom stereocenters. The molecule has 0 aliphatic heterocycles. The molecule has 2 unspecified atom stereocenters. The van der Waals surface area contributed by atoms with Gasteiger partial charge in [0.1, 0.15) is 11.4 Å². The Morgan fingerprint density at radius 1 is 1.25 bits per heavy atom. The van der Waals surface area contributed by atoms with E-state index in [1.807, 2.05) is 39.8 Å². The first-order chi connectivity index (χ1) is 9.23. The second-order valence-electron chi connectivity index (χ2n) is 6.37. The van der Waals surface area contributed by atoms with Gasteiger partial charge in [-0.15, -0.1) is 0 Å². The predicted octanol–water partition coefficient (Wildman–Crippen LogP) is 4.25. The van der Waals surface area contributed by atoms with Crippen LogP contribution in [-0.4, -0.2) is 16.7 Å². The number of carbonyl (C=O) groups is 1. The Kier molecular flexibility index (Phi) is 5.61. The van der Waals surface area contributed by atoms with Gasteiger partial charge in [0.2, 0.25) is 0 Å². The van der Waals surface area contributed by atoms with Gasteiger partial charge >= 0.3 is 5.97 Å². The van der Waals surface area contributed by atoms with Crippen molar-refractivity contribution in [3.8, 4) is 5.75 Å². The lowest BCUT2D eigenvalue weighted by molar-refractivity contribution is -0.159. The maximum Gasteiger partial charge on any atom is 0.309 e. The molecule has 1 aromatic carbocycles. The monoisotopic (exact) mass is 278 g/mol. The van der Waals surface area contributed by atoms with Crippen LogP contribution in [0.5, 0.6) is 5.75 Å². The van der Waals surface area contributed by atoms with Gasteiger partial charge in [-0.25, -0.2) is 0 Å². The summed E-state index contributed by atoms with van der Waals surface area (Å²) in [5, 5.41) is 9.33. The summed E-state index contributed by atoms with van der Waals surface area (Å²) >= 11 is 0. The highest BCUT2D eigenvalue weighted by atomic mass is 16.6. The molecule has 0 radical (unpaired) electrons. The Bertz CT molecular complexity index is 429. The van der Waals surface area contributed by atoms with E-state index in [0.29, 0.717) is 5.92 Å². The van der Waals surface area contributed by atoms with Crippen LogP contribution in [0.15, 0.2) is 24.3 Å². The second kappa shape index (κ2) is 6.78. The van der Waals surface area contributed by atoms with E-state index in [1.165, 1.54) is 0 Å². The van der Waals surface area contributed by atoms with E-state index in [1.54, 1.807) is 12.1 Å². The number of ether oxygens (including phenoxy) is 1. The van der Waals surface area contributed by atoms with Crippen LogP contribution in [-0.2, 0) is 9.53 Å². The third-order valence-electron chi connectivity index (χ3n) is 3.30. The van der Waals surface area contributed by atoms with Crippen molar-refractivity contribution in [2.45, 2.75) is 59.0 Å². The summed E-state index contributed by atoms with van der Waals surface area (Å²) in [4.78, 5) is 12.0. The van der Waals surface area contributed by atoms with Gasteiger partial charge in [-0.1, -0.05) is 26.0 Å². The highest BCUT2D eigenvalue weighted by Gasteiger charge is 2.24. The summed E-state index contributed by atoms with van der Waals surface area (Å²) in [6.45, 7) is 9.68. The molecule has 3 heteroatoms. The molecule has 0 saturated carbocycles. The molecule has 20 heavy (non-hydrogen) atoms. The average molecular weight is 278 g/mol. The zero-order chi connectivity index (χ0) is 15.3. The van der Waals surface area contributed by atoms with Gasteiger partial charge in [0.25, 0.3) is 0 Å². The summed E-state index contributed by atoms with van der Waals surface area (Å²) in [7, 11) is 0. The maximum atomic E-state index is 12.0. The molecule has 3 nitrogen and oxygen atoms in total. The Labute approximate surface area is 122 Å². The lowest BCUT2D eigenvalue weighted by Crippen LogP contribution is -2.28. The molecule has 0 aliphatic carbocycles. The van der Waals surface area contributed by atoms with Gasteiger partial charge in [-0.05, 0) is 57.2 Å². The van der Waals surface area contributed by atoms with Gasteiger partial charge in [0.05, 0.1) is 5.92 Å². The van der Waals surface area contributed by atoms with Crippen molar-refractivity contribution >= 4 is 5.97 Å². The van der Waals surface area contributed by atoms with Crippen molar-refractivity contribution in [3.05, 3.63) is 29.8 Å². The SMILES string of the molecule is CCC(CC(C)C(=O)OC(C)(C)C)c1ccc(O)cc1. The molecule has 1 N–H and O–H groups in total. The molecule has 0 saturated heterocycles. The van der Waals surface area contributed by atoms with Crippen LogP contribution >= 0.6 is 0 Å². The quantitative estimate of drug-likeness (QED) is 0.819. The number of aromatic hydroxyl groups is 1. The zero-order valence-corrected chi connectivity index (χ0v) is 13.1. The first-order valence-corrected chi connectivity index (χ1v) is 7.24. The van der Waals surface area contributed by atoms with E-state index in [4.69, 9.17) is 4.74 Å². The van der Waals surface area contributed by atoms with E-state index in [2.05, 4.69) is 6.92 Å². The topological polar surface area (TPSA) is 46.5 Å². The van der Waals surface area contributed by atoms with Crippen LogP contribution in [0.4, 0.5) is 0 Å². The lowest BCUT2D eigenvalue weighted by atomic mass is 9.87. The number of rotatable bonds is 5. The fourth-order valence-corrected chi connectivity index (χ4v) is 2.21. The number of phenols is 1. The summed E-state index contributed by atoms with van der Waals surface area (Å²) < 4.78 is 5.42. The fraction of sp³-hybridized carbons (Fsp3) is 0.588. The molecular formula is C17H26O3. The Hall–Kier alpha value is -1.51. The highest BCUT2D eigenvalue weighted by molar-refractivity contribution is 5.72. The maximum absolute atomic E-state index is 12.0. The third kappa shape index (κ3) is 5.24. The second-order valence-corrected chi connectivity index (χ2v) is 6.37. The molecule has 1 rings (SSSR count). The molecule has 1 aromatic rings. The van der Waals surface area contributed by atoms with E-state index in [-0.39, 0.29) is 17.6 Å². The fourth-order valence-electron chi connectivity index (χ4n) is 2.21. The van der Waals surface area contributed by atoms with Crippen LogP contribution in [0.2, 0.25) is 0 Å². The zero-order valence-electron chi connectivity index (χ0n) is 13.1. The average Bonchev–Trinajstić information content (AvgIpc) is 2.34. The summed E-state index contributed by atoms with van der Waals surface area (Å²) in [5.74, 6) is 0.296. The predicted molar refractivity (Wildman–Crippen MR) is 80.8 cm³/mol. The van der Waals surface area contributed by atoms with E-state index in [9.17, 15) is 9.90 Å². The van der Waals surface area contributed by atoms with E-state index >= 15 is 0 Å². The van der Waals surface area contributed by atoms with Gasteiger partial charge in [0.15, 0.2) is 0 Å². The van der Waals surface area contributed by atoms with Crippen molar-refractivity contribution in [3.63, 3.8) is 0 Å². The minimum atomic E-state index is -0.439. The van der Waals surface area contributed by atoms with Gasteiger partial charge in [-0.2, -0.15) is 0 Å².